The van der Waals surface area contributed by atoms with Gasteiger partial charge in [0.25, 0.3) is 0 Å². The molecule has 0 bridgehead atoms. The maximum atomic E-state index is 6.92. The lowest BCUT2D eigenvalue weighted by Gasteiger charge is -2.15. The fraction of sp³-hybridized carbons (Fsp3) is 0.0328. The van der Waals surface area contributed by atoms with E-state index in [2.05, 4.69) is 199 Å². The Kier molecular flexibility index (Phi) is 8.51. The molecule has 314 valence electrons. The number of thiophene rings is 1. The zero-order valence-corrected chi connectivity index (χ0v) is 37.0. The van der Waals surface area contributed by atoms with Crippen molar-refractivity contribution in [3.05, 3.63) is 211 Å². The zero-order valence-electron chi connectivity index (χ0n) is 36.1. The molecule has 1 aliphatic carbocycles. The molecule has 4 heterocycles. The predicted octanol–water partition coefficient (Wildman–Crippen LogP) is 16.5. The van der Waals surface area contributed by atoms with Gasteiger partial charge < -0.3 is 8.98 Å². The summed E-state index contributed by atoms with van der Waals surface area (Å²) >= 11 is 1.84. The van der Waals surface area contributed by atoms with Crippen LogP contribution in [0.2, 0.25) is 0 Å². The van der Waals surface area contributed by atoms with Crippen LogP contribution in [0.25, 0.3) is 133 Å². The lowest BCUT2D eigenvalue weighted by Crippen LogP contribution is -2.00. The molecule has 0 saturated carbocycles. The first-order chi connectivity index (χ1) is 33.2. The van der Waals surface area contributed by atoms with Crippen LogP contribution in [0.3, 0.4) is 0 Å². The van der Waals surface area contributed by atoms with Gasteiger partial charge in [0.15, 0.2) is 17.5 Å². The molecule has 13 aromatic rings. The number of hydrogen-bond acceptors (Lipinski definition) is 5. The van der Waals surface area contributed by atoms with Crippen LogP contribution < -0.4 is 0 Å². The third-order valence-corrected chi connectivity index (χ3v) is 14.7. The van der Waals surface area contributed by atoms with E-state index in [0.29, 0.717) is 17.5 Å². The molecule has 9 aromatic carbocycles. The fourth-order valence-electron chi connectivity index (χ4n) is 10.3. The minimum atomic E-state index is 0.591. The minimum Gasteiger partial charge on any atom is -0.456 e. The largest absolute Gasteiger partial charge is 0.456 e. The Morgan fingerprint density at radius 3 is 1.97 bits per heavy atom. The van der Waals surface area contributed by atoms with E-state index in [1.807, 2.05) is 23.5 Å². The first kappa shape index (κ1) is 37.9. The number of furan rings is 1. The second-order valence-corrected chi connectivity index (χ2v) is 18.5. The van der Waals surface area contributed by atoms with Crippen molar-refractivity contribution in [1.82, 2.24) is 19.5 Å². The third-order valence-electron chi connectivity index (χ3n) is 13.5. The van der Waals surface area contributed by atoms with Gasteiger partial charge in [-0.1, -0.05) is 158 Å². The molecule has 1 aliphatic rings. The maximum Gasteiger partial charge on any atom is 0.164 e. The molecule has 0 amide bonds. The van der Waals surface area contributed by atoms with Gasteiger partial charge in [0.2, 0.25) is 0 Å². The summed E-state index contributed by atoms with van der Waals surface area (Å²) < 4.78 is 10.6. The quantitative estimate of drug-likeness (QED) is 0.167. The second kappa shape index (κ2) is 15.1. The Balaban J connectivity index is 0.998. The Labute approximate surface area is 389 Å². The average Bonchev–Trinajstić information content (AvgIpc) is 4.06. The van der Waals surface area contributed by atoms with E-state index in [4.69, 9.17) is 19.4 Å². The van der Waals surface area contributed by atoms with Crippen LogP contribution in [-0.2, 0) is 6.42 Å². The van der Waals surface area contributed by atoms with Gasteiger partial charge in [0.05, 0.1) is 16.7 Å². The number of allylic oxidation sites excluding steroid dienone is 1. The molecule has 0 spiro atoms. The lowest BCUT2D eigenvalue weighted by atomic mass is 9.98. The van der Waals surface area contributed by atoms with Crippen LogP contribution in [0.4, 0.5) is 0 Å². The second-order valence-electron chi connectivity index (χ2n) is 17.4. The van der Waals surface area contributed by atoms with Gasteiger partial charge in [-0.25, -0.2) is 15.0 Å². The molecular formula is C61H38N4OS. The van der Waals surface area contributed by atoms with Crippen molar-refractivity contribution < 1.29 is 4.42 Å². The summed E-state index contributed by atoms with van der Waals surface area (Å²) in [6.07, 6.45) is 6.69. The molecule has 0 radical (unpaired) electrons. The van der Waals surface area contributed by atoms with Crippen LogP contribution in [-0.4, -0.2) is 19.5 Å². The Bertz CT molecular complexity index is 4140. The number of rotatable bonds is 6. The molecule has 0 saturated heterocycles. The highest BCUT2D eigenvalue weighted by atomic mass is 32.1. The number of aromatic nitrogens is 4. The number of nitrogens with zero attached hydrogens (tertiary/aromatic N) is 4. The average molecular weight is 875 g/mol. The van der Waals surface area contributed by atoms with Crippen LogP contribution in [0.1, 0.15) is 16.9 Å². The molecule has 0 atom stereocenters. The highest BCUT2D eigenvalue weighted by molar-refractivity contribution is 7.20. The van der Waals surface area contributed by atoms with Crippen LogP contribution >= 0.6 is 11.3 Å². The van der Waals surface area contributed by atoms with Gasteiger partial charge in [-0.3, -0.25) is 0 Å². The van der Waals surface area contributed by atoms with Crippen LogP contribution in [0.5, 0.6) is 0 Å². The first-order valence-electron chi connectivity index (χ1n) is 22.8. The topological polar surface area (TPSA) is 56.7 Å². The molecular weight excluding hydrogens is 837 g/mol. The summed E-state index contributed by atoms with van der Waals surface area (Å²) in [5.41, 5.74) is 13.6. The number of fused-ring (bicyclic) bond motifs is 10. The number of hydrogen-bond donors (Lipinski definition) is 0. The van der Waals surface area contributed by atoms with E-state index >= 15 is 0 Å². The molecule has 0 unspecified atom stereocenters. The van der Waals surface area contributed by atoms with Gasteiger partial charge in [-0.05, 0) is 93.7 Å². The Morgan fingerprint density at radius 1 is 0.448 bits per heavy atom. The maximum absolute atomic E-state index is 6.92. The van der Waals surface area contributed by atoms with Crippen molar-refractivity contribution in [3.63, 3.8) is 0 Å². The zero-order chi connectivity index (χ0) is 44.0. The summed E-state index contributed by atoms with van der Waals surface area (Å²) in [6.45, 7) is 0. The standard InChI is InChI=1S/C61H38N4OS/c1-3-14-37(15-4-1)38-26-28-40(29-27-38)59-62-60(43-30-31-46-45-21-10-12-25-56(45)67-57(46)34-43)64-61(63-59)47-22-13-24-54-58(47)50-35-48(39-16-5-2-6-17-39)53(36-55(50)66-54)65-51-23-11-9-20-44(51)49-32-41-18-7-8-19-42(41)33-52(49)65/h1-9,11-20,22-36H,10,21H2. The monoisotopic (exact) mass is 874 g/mol. The highest BCUT2D eigenvalue weighted by Crippen LogP contribution is 2.44. The van der Waals surface area contributed by atoms with Crippen molar-refractivity contribution in [2.45, 2.75) is 12.8 Å². The van der Waals surface area contributed by atoms with Crippen LogP contribution in [0, 0.1) is 0 Å². The van der Waals surface area contributed by atoms with Gasteiger partial charge in [-0.15, -0.1) is 11.3 Å². The van der Waals surface area contributed by atoms with Gasteiger partial charge >= 0.3 is 0 Å². The molecule has 0 N–H and O–H groups in total. The lowest BCUT2D eigenvalue weighted by molar-refractivity contribution is 0.668. The fourth-order valence-corrected chi connectivity index (χ4v) is 11.5. The SMILES string of the molecule is C1=Cc2sc3cc(-c4nc(-c5ccc(-c6ccccc6)cc5)nc(-c5cccc6oc7cc(-n8c9ccccc9c9cc%10ccccc%10cc98)c(-c8ccccc8)cc7c56)n4)ccc3c2CC1. The number of aryl methyl sites for hydroxylation is 1. The summed E-state index contributed by atoms with van der Waals surface area (Å²) in [7, 11) is 0. The molecule has 5 nitrogen and oxygen atoms in total. The van der Waals surface area contributed by atoms with E-state index < -0.39 is 0 Å². The van der Waals surface area contributed by atoms with Crippen molar-refractivity contribution in [2.75, 3.05) is 0 Å². The molecule has 4 aromatic heterocycles. The van der Waals surface area contributed by atoms with Crippen molar-refractivity contribution in [3.8, 4) is 62.1 Å². The Hall–Kier alpha value is -8.45. The predicted molar refractivity (Wildman–Crippen MR) is 279 cm³/mol. The summed E-state index contributed by atoms with van der Waals surface area (Å²) in [5.74, 6) is 1.84. The number of para-hydroxylation sites is 1. The van der Waals surface area contributed by atoms with Crippen LogP contribution in [0.15, 0.2) is 205 Å². The molecule has 14 rings (SSSR count). The molecule has 6 heteroatoms. The van der Waals surface area contributed by atoms with Crippen molar-refractivity contribution in [2.24, 2.45) is 0 Å². The van der Waals surface area contributed by atoms with Gasteiger partial charge in [-0.2, -0.15) is 0 Å². The van der Waals surface area contributed by atoms with Gasteiger partial charge in [0.1, 0.15) is 11.2 Å². The van der Waals surface area contributed by atoms with E-state index in [0.717, 1.165) is 90.4 Å². The Morgan fingerprint density at radius 2 is 1.13 bits per heavy atom. The molecule has 67 heavy (non-hydrogen) atoms. The van der Waals surface area contributed by atoms with E-state index in [-0.39, 0.29) is 0 Å². The smallest absolute Gasteiger partial charge is 0.164 e. The minimum absolute atomic E-state index is 0.591. The van der Waals surface area contributed by atoms with Crippen molar-refractivity contribution >= 4 is 82.0 Å². The van der Waals surface area contributed by atoms with Gasteiger partial charge in [0, 0.05) is 59.4 Å². The number of benzene rings is 9. The van der Waals surface area contributed by atoms with E-state index in [1.54, 1.807) is 0 Å². The first-order valence-corrected chi connectivity index (χ1v) is 23.6. The van der Waals surface area contributed by atoms with E-state index in [9.17, 15) is 0 Å². The summed E-state index contributed by atoms with van der Waals surface area (Å²) in [4.78, 5) is 17.2. The summed E-state index contributed by atoms with van der Waals surface area (Å²) in [6, 6.07) is 69.1. The van der Waals surface area contributed by atoms with Crippen molar-refractivity contribution in [1.29, 1.82) is 0 Å². The third kappa shape index (κ3) is 6.18. The summed E-state index contributed by atoms with van der Waals surface area (Å²) in [5, 5.41) is 8.12. The van der Waals surface area contributed by atoms with E-state index in [1.165, 1.54) is 42.1 Å². The highest BCUT2D eigenvalue weighted by Gasteiger charge is 2.23. The normalized spacial score (nSPS) is 12.6. The molecule has 0 fully saturated rings. The molecule has 0 aliphatic heterocycles.